The second-order valence-electron chi connectivity index (χ2n) is 10.8. The molecule has 0 aliphatic heterocycles. The van der Waals surface area contributed by atoms with Gasteiger partial charge in [-0.05, 0) is 6.42 Å². The minimum atomic E-state index is -0.285. The first-order chi connectivity index (χ1) is 22.2. The van der Waals surface area contributed by atoms with Gasteiger partial charge in [0.05, 0.1) is 106 Å². The van der Waals surface area contributed by atoms with Crippen molar-refractivity contribution in [3.05, 3.63) is 0 Å². The molecule has 268 valence electrons. The van der Waals surface area contributed by atoms with Crippen molar-refractivity contribution in [1.29, 1.82) is 0 Å². The third kappa shape index (κ3) is 38.8. The third-order valence-corrected chi connectivity index (χ3v) is 6.89. The van der Waals surface area contributed by atoms with Crippen LogP contribution in [0.5, 0.6) is 0 Å². The number of methoxy groups -OCH3 is 1. The van der Waals surface area contributed by atoms with E-state index < -0.39 is 0 Å². The van der Waals surface area contributed by atoms with Crippen LogP contribution in [0.3, 0.4) is 0 Å². The number of hydrogen-bond donors (Lipinski definition) is 0. The number of unbranched alkanes of at least 4 members (excludes halogenated alkanes) is 12. The molecule has 0 aromatic carbocycles. The maximum absolute atomic E-state index is 11.8. The van der Waals surface area contributed by atoms with E-state index in [0.29, 0.717) is 98.9 Å². The molecule has 0 bridgehead atoms. The number of carbonyl (C=O) groups is 2. The molecule has 0 unspecified atom stereocenters. The summed E-state index contributed by atoms with van der Waals surface area (Å²) in [6, 6.07) is 0. The van der Waals surface area contributed by atoms with Crippen molar-refractivity contribution >= 4 is 11.9 Å². The highest BCUT2D eigenvalue weighted by Crippen LogP contribution is 2.13. The van der Waals surface area contributed by atoms with Crippen LogP contribution in [0.1, 0.15) is 103 Å². The molecule has 0 aromatic rings. The normalized spacial score (nSPS) is 11.2. The molecule has 0 radical (unpaired) electrons. The second-order valence-corrected chi connectivity index (χ2v) is 10.8. The van der Waals surface area contributed by atoms with Gasteiger partial charge < -0.3 is 42.6 Å². The number of esters is 2. The quantitative estimate of drug-likeness (QED) is 0.0606. The van der Waals surface area contributed by atoms with E-state index in [1.807, 2.05) is 0 Å². The van der Waals surface area contributed by atoms with E-state index in [4.69, 9.17) is 37.9 Å². The number of carbonyl (C=O) groups excluding carboxylic acids is 2. The van der Waals surface area contributed by atoms with Gasteiger partial charge in [0.1, 0.15) is 6.61 Å². The molecule has 11 nitrogen and oxygen atoms in total. The largest absolute Gasteiger partial charge is 0.469 e. The lowest BCUT2D eigenvalue weighted by atomic mass is 10.0. The van der Waals surface area contributed by atoms with Crippen molar-refractivity contribution in [2.75, 3.05) is 106 Å². The Hall–Kier alpha value is -1.34. The predicted molar refractivity (Wildman–Crippen MR) is 174 cm³/mol. The first-order valence-corrected chi connectivity index (χ1v) is 17.5. The van der Waals surface area contributed by atoms with Crippen LogP contribution in [0.4, 0.5) is 0 Å². The molecular formula is C34H66O11. The summed E-state index contributed by atoms with van der Waals surface area (Å²) in [7, 11) is 1.35. The number of ether oxygens (including phenoxy) is 9. The van der Waals surface area contributed by atoms with Crippen LogP contribution in [0.15, 0.2) is 0 Å². The van der Waals surface area contributed by atoms with Crippen LogP contribution in [0, 0.1) is 0 Å². The Morgan fingerprint density at radius 2 is 0.667 bits per heavy atom. The molecule has 0 spiro atoms. The minimum Gasteiger partial charge on any atom is -0.469 e. The molecule has 0 aliphatic rings. The predicted octanol–water partition coefficient (Wildman–Crippen LogP) is 5.69. The molecule has 11 heteroatoms. The Kier molecular flexibility index (Phi) is 37.7. The van der Waals surface area contributed by atoms with Crippen molar-refractivity contribution in [2.45, 2.75) is 103 Å². The SMILES string of the molecule is CCCCCCCCCCCCCCCC(=O)OCCOCCOCCOCCOCCOCCOCCOCCC(=O)OC. The summed E-state index contributed by atoms with van der Waals surface area (Å²) in [4.78, 5) is 22.8. The van der Waals surface area contributed by atoms with Crippen molar-refractivity contribution in [1.82, 2.24) is 0 Å². The lowest BCUT2D eigenvalue weighted by Gasteiger charge is -2.09. The first-order valence-electron chi connectivity index (χ1n) is 17.5. The standard InChI is InChI=1S/C34H66O11/c1-3-4-5-6-7-8-9-10-11-12-13-14-15-16-34(36)45-32-31-44-30-29-43-28-27-42-26-25-41-24-23-40-22-21-39-20-19-38-18-17-33(35)37-2/h3-32H2,1-2H3. The summed E-state index contributed by atoms with van der Waals surface area (Å²) in [6.45, 7) is 8.94. The van der Waals surface area contributed by atoms with Crippen LogP contribution in [0.2, 0.25) is 0 Å². The molecule has 0 amide bonds. The van der Waals surface area contributed by atoms with Gasteiger partial charge in [0, 0.05) is 6.42 Å². The van der Waals surface area contributed by atoms with Crippen molar-refractivity contribution in [2.24, 2.45) is 0 Å². The molecule has 0 saturated heterocycles. The molecule has 0 saturated carbocycles. The highest BCUT2D eigenvalue weighted by atomic mass is 16.6. The van der Waals surface area contributed by atoms with Crippen LogP contribution < -0.4 is 0 Å². The zero-order chi connectivity index (χ0) is 32.7. The van der Waals surface area contributed by atoms with Gasteiger partial charge in [-0.15, -0.1) is 0 Å². The van der Waals surface area contributed by atoms with E-state index in [2.05, 4.69) is 11.7 Å². The molecule has 0 N–H and O–H groups in total. The Morgan fingerprint density at radius 1 is 0.356 bits per heavy atom. The fourth-order valence-corrected chi connectivity index (χ4v) is 4.25. The van der Waals surface area contributed by atoms with E-state index in [0.717, 1.165) is 12.8 Å². The minimum absolute atomic E-state index is 0.134. The van der Waals surface area contributed by atoms with E-state index in [9.17, 15) is 9.59 Å². The average molecular weight is 651 g/mol. The first kappa shape index (κ1) is 43.7. The van der Waals surface area contributed by atoms with Crippen LogP contribution in [-0.4, -0.2) is 118 Å². The Labute approximate surface area is 273 Å². The molecule has 45 heavy (non-hydrogen) atoms. The molecule has 0 heterocycles. The Morgan fingerprint density at radius 3 is 1.02 bits per heavy atom. The van der Waals surface area contributed by atoms with Gasteiger partial charge in [0.25, 0.3) is 0 Å². The lowest BCUT2D eigenvalue weighted by Crippen LogP contribution is -2.15. The summed E-state index contributed by atoms with van der Waals surface area (Å²) >= 11 is 0. The molecule has 0 aromatic heterocycles. The van der Waals surface area contributed by atoms with Gasteiger partial charge in [0.15, 0.2) is 0 Å². The second kappa shape index (κ2) is 38.8. The summed E-state index contributed by atoms with van der Waals surface area (Å²) in [5.41, 5.74) is 0. The third-order valence-electron chi connectivity index (χ3n) is 6.89. The Balaban J connectivity index is 3.14. The van der Waals surface area contributed by atoms with Gasteiger partial charge in [0.2, 0.25) is 0 Å². The monoisotopic (exact) mass is 650 g/mol. The van der Waals surface area contributed by atoms with Gasteiger partial charge in [-0.2, -0.15) is 0 Å². The Bertz CT molecular complexity index is 607. The highest BCUT2D eigenvalue weighted by molar-refractivity contribution is 5.69. The van der Waals surface area contributed by atoms with E-state index >= 15 is 0 Å². The summed E-state index contributed by atoms with van der Waals surface area (Å²) < 4.78 is 47.6. The zero-order valence-electron chi connectivity index (χ0n) is 28.7. The maximum Gasteiger partial charge on any atom is 0.307 e. The molecular weight excluding hydrogens is 584 g/mol. The molecule has 0 aliphatic carbocycles. The molecule has 0 rings (SSSR count). The number of hydrogen-bond acceptors (Lipinski definition) is 11. The fraction of sp³-hybridized carbons (Fsp3) is 0.941. The fourth-order valence-electron chi connectivity index (χ4n) is 4.25. The van der Waals surface area contributed by atoms with Crippen LogP contribution in [0.25, 0.3) is 0 Å². The van der Waals surface area contributed by atoms with Crippen molar-refractivity contribution < 1.29 is 52.2 Å². The topological polar surface area (TPSA) is 117 Å². The van der Waals surface area contributed by atoms with Crippen LogP contribution >= 0.6 is 0 Å². The highest BCUT2D eigenvalue weighted by Gasteiger charge is 2.03. The summed E-state index contributed by atoms with van der Waals surface area (Å²) in [5, 5.41) is 0. The zero-order valence-corrected chi connectivity index (χ0v) is 28.7. The van der Waals surface area contributed by atoms with Crippen molar-refractivity contribution in [3.63, 3.8) is 0 Å². The van der Waals surface area contributed by atoms with Crippen molar-refractivity contribution in [3.8, 4) is 0 Å². The van der Waals surface area contributed by atoms with Gasteiger partial charge in [-0.25, -0.2) is 0 Å². The maximum atomic E-state index is 11.8. The molecule has 0 atom stereocenters. The smallest absolute Gasteiger partial charge is 0.307 e. The van der Waals surface area contributed by atoms with E-state index in [1.54, 1.807) is 0 Å². The van der Waals surface area contributed by atoms with E-state index in [1.165, 1.54) is 77.7 Å². The van der Waals surface area contributed by atoms with E-state index in [-0.39, 0.29) is 25.0 Å². The summed E-state index contributed by atoms with van der Waals surface area (Å²) in [5.74, 6) is -0.419. The summed E-state index contributed by atoms with van der Waals surface area (Å²) in [6.07, 6.45) is 17.6. The van der Waals surface area contributed by atoms with Gasteiger partial charge >= 0.3 is 11.9 Å². The van der Waals surface area contributed by atoms with Gasteiger partial charge in [-0.1, -0.05) is 84.0 Å². The molecule has 0 fully saturated rings. The number of rotatable bonds is 38. The van der Waals surface area contributed by atoms with Gasteiger partial charge in [-0.3, -0.25) is 9.59 Å². The lowest BCUT2D eigenvalue weighted by molar-refractivity contribution is -0.145. The van der Waals surface area contributed by atoms with Crippen LogP contribution in [-0.2, 0) is 52.2 Å². The average Bonchev–Trinajstić information content (AvgIpc) is 3.05.